The number of nitrogens with two attached hydrogens (primary N) is 1. The Morgan fingerprint density at radius 3 is 2.73 bits per heavy atom. The molecule has 1 fully saturated rings. The minimum Gasteiger partial charge on any atom is -0.321 e. The average molecular weight is 224 g/mol. The highest BCUT2D eigenvalue weighted by atomic mass is 35.5. The van der Waals surface area contributed by atoms with Crippen LogP contribution in [0.5, 0.6) is 0 Å². The largest absolute Gasteiger partial charge is 0.321 e. The Labute approximate surface area is 94.4 Å². The van der Waals surface area contributed by atoms with E-state index in [2.05, 4.69) is 0 Å². The maximum Gasteiger partial charge on any atom is 0.149 e. The maximum absolute atomic E-state index is 11.3. The van der Waals surface area contributed by atoms with Crippen LogP contribution in [0.4, 0.5) is 0 Å². The molecule has 1 aliphatic rings. The van der Waals surface area contributed by atoms with E-state index >= 15 is 0 Å². The van der Waals surface area contributed by atoms with Gasteiger partial charge >= 0.3 is 0 Å². The van der Waals surface area contributed by atoms with Crippen molar-refractivity contribution in [3.63, 3.8) is 0 Å². The summed E-state index contributed by atoms with van der Waals surface area (Å²) in [5.74, 6) is 0.518. The van der Waals surface area contributed by atoms with Gasteiger partial charge in [-0.05, 0) is 30.4 Å². The maximum atomic E-state index is 11.3. The number of carbonyl (C=O) groups is 1. The molecule has 0 spiro atoms. The van der Waals surface area contributed by atoms with Gasteiger partial charge in [0.2, 0.25) is 0 Å². The molecule has 2 unspecified atom stereocenters. The molecule has 0 saturated heterocycles. The molecule has 0 aliphatic heterocycles. The van der Waals surface area contributed by atoms with Gasteiger partial charge in [0, 0.05) is 11.4 Å². The third-order valence-corrected chi connectivity index (χ3v) is 3.38. The molecule has 1 aliphatic carbocycles. The highest BCUT2D eigenvalue weighted by Gasteiger charge is 2.27. The van der Waals surface area contributed by atoms with Gasteiger partial charge in [0.15, 0.2) is 0 Å². The van der Waals surface area contributed by atoms with Gasteiger partial charge in [-0.15, -0.1) is 0 Å². The van der Waals surface area contributed by atoms with Crippen LogP contribution < -0.4 is 5.73 Å². The Bertz CT molecular complexity index is 378. The Morgan fingerprint density at radius 1 is 1.33 bits per heavy atom. The molecule has 15 heavy (non-hydrogen) atoms. The van der Waals surface area contributed by atoms with Crippen molar-refractivity contribution >= 4 is 17.4 Å². The fraction of sp³-hybridized carbons (Fsp3) is 0.417. The number of hydrogen-bond acceptors (Lipinski definition) is 2. The summed E-state index contributed by atoms with van der Waals surface area (Å²) >= 11 is 6.12. The first-order chi connectivity index (χ1) is 7.18. The molecule has 2 rings (SSSR count). The number of rotatable bonds is 1. The summed E-state index contributed by atoms with van der Waals surface area (Å²) in [7, 11) is 0. The van der Waals surface area contributed by atoms with Crippen LogP contribution in [0.1, 0.15) is 30.7 Å². The topological polar surface area (TPSA) is 43.1 Å². The third kappa shape index (κ3) is 2.21. The first-order valence-corrected chi connectivity index (χ1v) is 5.59. The summed E-state index contributed by atoms with van der Waals surface area (Å²) < 4.78 is 0. The molecule has 1 saturated carbocycles. The van der Waals surface area contributed by atoms with Crippen LogP contribution in [0.2, 0.25) is 5.02 Å². The summed E-state index contributed by atoms with van der Waals surface area (Å²) in [6.45, 7) is 0. The standard InChI is InChI=1S/C12H14ClNO/c13-10-4-2-1-3-9(10)8-5-6-12(15)11(14)7-8/h1-4,8,11H,5-7,14H2. The van der Waals surface area contributed by atoms with Crippen molar-refractivity contribution in [3.8, 4) is 0 Å². The van der Waals surface area contributed by atoms with Crippen molar-refractivity contribution in [2.45, 2.75) is 31.2 Å². The Hall–Kier alpha value is -0.860. The Morgan fingerprint density at radius 2 is 2.07 bits per heavy atom. The second-order valence-corrected chi connectivity index (χ2v) is 4.47. The molecular formula is C12H14ClNO. The molecule has 80 valence electrons. The number of carbonyl (C=O) groups excluding carboxylic acids is 1. The summed E-state index contributed by atoms with van der Waals surface area (Å²) in [4.78, 5) is 11.3. The van der Waals surface area contributed by atoms with Gasteiger partial charge in [0.05, 0.1) is 6.04 Å². The minimum atomic E-state index is -0.306. The van der Waals surface area contributed by atoms with Crippen molar-refractivity contribution in [1.82, 2.24) is 0 Å². The van der Waals surface area contributed by atoms with E-state index in [1.807, 2.05) is 24.3 Å². The van der Waals surface area contributed by atoms with Gasteiger partial charge in [0.25, 0.3) is 0 Å². The van der Waals surface area contributed by atoms with E-state index in [0.717, 1.165) is 23.4 Å². The first kappa shape index (κ1) is 10.7. The summed E-state index contributed by atoms with van der Waals surface area (Å²) in [6.07, 6.45) is 2.18. The lowest BCUT2D eigenvalue weighted by atomic mass is 9.81. The SMILES string of the molecule is NC1CC(c2ccccc2Cl)CCC1=O. The summed E-state index contributed by atoms with van der Waals surface area (Å²) in [6, 6.07) is 7.50. The van der Waals surface area contributed by atoms with Gasteiger partial charge in [-0.25, -0.2) is 0 Å². The van der Waals surface area contributed by atoms with Crippen LogP contribution in [0.25, 0.3) is 0 Å². The van der Waals surface area contributed by atoms with E-state index in [0.29, 0.717) is 12.3 Å². The number of hydrogen-bond donors (Lipinski definition) is 1. The minimum absolute atomic E-state index is 0.179. The lowest BCUT2D eigenvalue weighted by Gasteiger charge is -2.26. The molecule has 2 N–H and O–H groups in total. The van der Waals surface area contributed by atoms with E-state index in [1.54, 1.807) is 0 Å². The van der Waals surface area contributed by atoms with Crippen molar-refractivity contribution in [2.24, 2.45) is 5.73 Å². The normalized spacial score (nSPS) is 26.7. The zero-order chi connectivity index (χ0) is 10.8. The van der Waals surface area contributed by atoms with Gasteiger partial charge in [-0.2, -0.15) is 0 Å². The number of halogens is 1. The highest BCUT2D eigenvalue weighted by molar-refractivity contribution is 6.31. The Kier molecular flexibility index (Phi) is 3.08. The van der Waals surface area contributed by atoms with Crippen LogP contribution in [-0.2, 0) is 4.79 Å². The molecule has 0 amide bonds. The lowest BCUT2D eigenvalue weighted by Crippen LogP contribution is -2.36. The monoisotopic (exact) mass is 223 g/mol. The molecule has 0 heterocycles. The fourth-order valence-corrected chi connectivity index (χ4v) is 2.44. The molecule has 0 aromatic heterocycles. The van der Waals surface area contributed by atoms with Gasteiger partial charge < -0.3 is 5.73 Å². The smallest absolute Gasteiger partial charge is 0.149 e. The van der Waals surface area contributed by atoms with Gasteiger partial charge in [-0.1, -0.05) is 29.8 Å². The van der Waals surface area contributed by atoms with E-state index in [4.69, 9.17) is 17.3 Å². The van der Waals surface area contributed by atoms with Crippen LogP contribution in [0.3, 0.4) is 0 Å². The Balaban J connectivity index is 2.19. The molecule has 1 aromatic carbocycles. The van der Waals surface area contributed by atoms with E-state index in [1.165, 1.54) is 0 Å². The summed E-state index contributed by atoms with van der Waals surface area (Å²) in [5, 5.41) is 0.782. The van der Waals surface area contributed by atoms with Crippen LogP contribution in [-0.4, -0.2) is 11.8 Å². The van der Waals surface area contributed by atoms with E-state index < -0.39 is 0 Å². The molecule has 1 aromatic rings. The molecule has 0 radical (unpaired) electrons. The van der Waals surface area contributed by atoms with Crippen molar-refractivity contribution in [1.29, 1.82) is 0 Å². The van der Waals surface area contributed by atoms with Crippen LogP contribution in [0, 0.1) is 0 Å². The average Bonchev–Trinajstić information content (AvgIpc) is 2.23. The molecule has 3 heteroatoms. The highest BCUT2D eigenvalue weighted by Crippen LogP contribution is 2.34. The van der Waals surface area contributed by atoms with Crippen molar-refractivity contribution in [3.05, 3.63) is 34.9 Å². The summed E-state index contributed by atoms with van der Waals surface area (Å²) in [5.41, 5.74) is 6.89. The molecular weight excluding hydrogens is 210 g/mol. The third-order valence-electron chi connectivity index (χ3n) is 3.04. The second-order valence-electron chi connectivity index (χ2n) is 4.07. The predicted molar refractivity (Wildman–Crippen MR) is 61.0 cm³/mol. The molecule has 2 atom stereocenters. The van der Waals surface area contributed by atoms with Gasteiger partial charge in [-0.3, -0.25) is 4.79 Å². The van der Waals surface area contributed by atoms with Crippen LogP contribution in [0.15, 0.2) is 24.3 Å². The number of benzene rings is 1. The van der Waals surface area contributed by atoms with E-state index in [9.17, 15) is 4.79 Å². The zero-order valence-electron chi connectivity index (χ0n) is 8.45. The van der Waals surface area contributed by atoms with Crippen molar-refractivity contribution in [2.75, 3.05) is 0 Å². The molecule has 2 nitrogen and oxygen atoms in total. The number of ketones is 1. The second kappa shape index (κ2) is 4.33. The molecule has 0 bridgehead atoms. The van der Waals surface area contributed by atoms with Crippen molar-refractivity contribution < 1.29 is 4.79 Å². The fourth-order valence-electron chi connectivity index (χ4n) is 2.15. The van der Waals surface area contributed by atoms with E-state index in [-0.39, 0.29) is 11.8 Å². The first-order valence-electron chi connectivity index (χ1n) is 5.21. The quantitative estimate of drug-likeness (QED) is 0.795. The zero-order valence-corrected chi connectivity index (χ0v) is 9.20. The predicted octanol–water partition coefficient (Wildman–Crippen LogP) is 2.50. The van der Waals surface area contributed by atoms with Gasteiger partial charge in [0.1, 0.15) is 5.78 Å². The number of Topliss-reactive ketones (excluding diaryl/α,β-unsaturated/α-hetero) is 1. The van der Waals surface area contributed by atoms with Crippen LogP contribution >= 0.6 is 11.6 Å². The lowest BCUT2D eigenvalue weighted by molar-refractivity contribution is -0.121.